The van der Waals surface area contributed by atoms with Crippen molar-refractivity contribution in [1.82, 2.24) is 4.90 Å². The monoisotopic (exact) mass is 267 g/mol. The molecule has 0 unspecified atom stereocenters. The molecule has 4 heteroatoms. The molecule has 1 aromatic carbocycles. The van der Waals surface area contributed by atoms with E-state index in [4.69, 9.17) is 9.47 Å². The number of rotatable bonds is 6. The summed E-state index contributed by atoms with van der Waals surface area (Å²) < 4.78 is 24.0. The van der Waals surface area contributed by atoms with Crippen molar-refractivity contribution in [3.8, 4) is 11.5 Å². The van der Waals surface area contributed by atoms with Crippen LogP contribution < -0.4 is 9.47 Å². The number of halogens is 1. The summed E-state index contributed by atoms with van der Waals surface area (Å²) >= 11 is 0. The normalized spacial score (nSPS) is 15.7. The Balaban J connectivity index is 1.94. The van der Waals surface area contributed by atoms with Gasteiger partial charge in [-0.25, -0.2) is 4.39 Å². The van der Waals surface area contributed by atoms with Crippen LogP contribution in [0.1, 0.15) is 24.8 Å². The van der Waals surface area contributed by atoms with Gasteiger partial charge in [-0.2, -0.15) is 0 Å². The van der Waals surface area contributed by atoms with Gasteiger partial charge in [-0.15, -0.1) is 0 Å². The summed E-state index contributed by atoms with van der Waals surface area (Å²) in [6, 6.07) is 3.41. The molecule has 106 valence electrons. The lowest BCUT2D eigenvalue weighted by Gasteiger charge is -2.15. The highest BCUT2D eigenvalue weighted by Crippen LogP contribution is 2.31. The Morgan fingerprint density at radius 1 is 1.16 bits per heavy atom. The number of ether oxygens (including phenoxy) is 2. The first-order valence-corrected chi connectivity index (χ1v) is 6.87. The van der Waals surface area contributed by atoms with Crippen molar-refractivity contribution in [2.75, 3.05) is 33.9 Å². The fourth-order valence-corrected chi connectivity index (χ4v) is 2.63. The van der Waals surface area contributed by atoms with E-state index in [0.717, 1.165) is 24.9 Å². The van der Waals surface area contributed by atoms with Gasteiger partial charge in [0.05, 0.1) is 14.2 Å². The third-order valence-corrected chi connectivity index (χ3v) is 3.63. The molecule has 1 saturated heterocycles. The number of hydrogen-bond donors (Lipinski definition) is 0. The van der Waals surface area contributed by atoms with E-state index in [1.54, 1.807) is 6.07 Å². The van der Waals surface area contributed by atoms with Crippen LogP contribution >= 0.6 is 0 Å². The van der Waals surface area contributed by atoms with Gasteiger partial charge in [-0.3, -0.25) is 0 Å². The smallest absolute Gasteiger partial charge is 0.196 e. The zero-order chi connectivity index (χ0) is 13.7. The Morgan fingerprint density at radius 3 is 2.53 bits per heavy atom. The van der Waals surface area contributed by atoms with Crippen LogP contribution in [-0.4, -0.2) is 38.8 Å². The largest absolute Gasteiger partial charge is 0.493 e. The fraction of sp³-hybridized carbons (Fsp3) is 0.600. The van der Waals surface area contributed by atoms with Gasteiger partial charge in [-0.1, -0.05) is 0 Å². The van der Waals surface area contributed by atoms with Gasteiger partial charge in [-0.05, 0) is 63.0 Å². The number of aryl methyl sites for hydroxylation is 1. The van der Waals surface area contributed by atoms with Gasteiger partial charge in [0.1, 0.15) is 0 Å². The molecule has 0 spiro atoms. The lowest BCUT2D eigenvalue weighted by molar-refractivity contribution is 0.331. The SMILES string of the molecule is COc1cc(CCCN2CCCC2)cc(F)c1OC. The highest BCUT2D eigenvalue weighted by Gasteiger charge is 2.13. The van der Waals surface area contributed by atoms with Crippen LogP contribution in [0, 0.1) is 5.82 Å². The van der Waals surface area contributed by atoms with Gasteiger partial charge in [0.2, 0.25) is 0 Å². The second-order valence-corrected chi connectivity index (χ2v) is 4.97. The molecule has 0 atom stereocenters. The van der Waals surface area contributed by atoms with E-state index in [1.807, 2.05) is 6.07 Å². The molecule has 0 aromatic heterocycles. The molecule has 0 bridgehead atoms. The van der Waals surface area contributed by atoms with Crippen LogP contribution in [-0.2, 0) is 6.42 Å². The lowest BCUT2D eigenvalue weighted by atomic mass is 10.1. The number of methoxy groups -OCH3 is 2. The first-order valence-electron chi connectivity index (χ1n) is 6.87. The maximum atomic E-state index is 13.8. The molecule has 1 aliphatic heterocycles. The van der Waals surface area contributed by atoms with Crippen molar-refractivity contribution in [3.63, 3.8) is 0 Å². The molecule has 0 N–H and O–H groups in total. The molecule has 3 nitrogen and oxygen atoms in total. The average Bonchev–Trinajstić information content (AvgIpc) is 2.91. The Hall–Kier alpha value is -1.29. The van der Waals surface area contributed by atoms with E-state index in [0.29, 0.717) is 5.75 Å². The zero-order valence-corrected chi connectivity index (χ0v) is 11.7. The molecular formula is C15H22FNO2. The Kier molecular flexibility index (Phi) is 5.02. The molecule has 2 rings (SSSR count). The Morgan fingerprint density at radius 2 is 1.89 bits per heavy atom. The van der Waals surface area contributed by atoms with Crippen LogP contribution in [0.25, 0.3) is 0 Å². The number of likely N-dealkylation sites (tertiary alicyclic amines) is 1. The van der Waals surface area contributed by atoms with E-state index in [-0.39, 0.29) is 11.6 Å². The number of hydrogen-bond acceptors (Lipinski definition) is 3. The molecule has 1 heterocycles. The van der Waals surface area contributed by atoms with Crippen molar-refractivity contribution < 1.29 is 13.9 Å². The highest BCUT2D eigenvalue weighted by molar-refractivity contribution is 5.44. The molecule has 19 heavy (non-hydrogen) atoms. The minimum Gasteiger partial charge on any atom is -0.493 e. The predicted octanol–water partition coefficient (Wildman–Crippen LogP) is 2.87. The summed E-state index contributed by atoms with van der Waals surface area (Å²) in [6.45, 7) is 3.51. The van der Waals surface area contributed by atoms with Crippen LogP contribution in [0.4, 0.5) is 4.39 Å². The van der Waals surface area contributed by atoms with Crippen molar-refractivity contribution >= 4 is 0 Å². The van der Waals surface area contributed by atoms with Crippen LogP contribution in [0.2, 0.25) is 0 Å². The Labute approximate surface area is 114 Å². The minimum atomic E-state index is -0.349. The maximum absolute atomic E-state index is 13.8. The zero-order valence-electron chi connectivity index (χ0n) is 11.7. The molecule has 0 radical (unpaired) electrons. The Bertz CT molecular complexity index is 417. The van der Waals surface area contributed by atoms with Gasteiger partial charge in [0.15, 0.2) is 17.3 Å². The van der Waals surface area contributed by atoms with E-state index in [2.05, 4.69) is 4.90 Å². The summed E-state index contributed by atoms with van der Waals surface area (Å²) in [5.41, 5.74) is 0.967. The summed E-state index contributed by atoms with van der Waals surface area (Å²) in [7, 11) is 2.99. The first-order chi connectivity index (χ1) is 9.24. The topological polar surface area (TPSA) is 21.7 Å². The molecule has 0 aliphatic carbocycles. The van der Waals surface area contributed by atoms with Crippen molar-refractivity contribution in [1.29, 1.82) is 0 Å². The summed E-state index contributed by atoms with van der Waals surface area (Å²) in [5.74, 6) is 0.308. The van der Waals surface area contributed by atoms with Crippen LogP contribution in [0.5, 0.6) is 11.5 Å². The van der Waals surface area contributed by atoms with Gasteiger partial charge in [0, 0.05) is 0 Å². The van der Waals surface area contributed by atoms with Crippen molar-refractivity contribution in [3.05, 3.63) is 23.5 Å². The molecule has 0 amide bonds. The molecule has 0 saturated carbocycles. The quantitative estimate of drug-likeness (QED) is 0.791. The third-order valence-electron chi connectivity index (χ3n) is 3.63. The number of nitrogens with zero attached hydrogens (tertiary/aromatic N) is 1. The average molecular weight is 267 g/mol. The summed E-state index contributed by atoms with van der Waals surface area (Å²) in [6.07, 6.45) is 4.54. The molecule has 1 aliphatic rings. The number of benzene rings is 1. The summed E-state index contributed by atoms with van der Waals surface area (Å²) in [4.78, 5) is 2.47. The van der Waals surface area contributed by atoms with E-state index < -0.39 is 0 Å². The van der Waals surface area contributed by atoms with E-state index >= 15 is 0 Å². The van der Waals surface area contributed by atoms with Gasteiger partial charge >= 0.3 is 0 Å². The minimum absolute atomic E-state index is 0.186. The van der Waals surface area contributed by atoms with Gasteiger partial charge in [0.25, 0.3) is 0 Å². The van der Waals surface area contributed by atoms with Crippen molar-refractivity contribution in [2.24, 2.45) is 0 Å². The molecule has 1 aromatic rings. The maximum Gasteiger partial charge on any atom is 0.196 e. The second-order valence-electron chi connectivity index (χ2n) is 4.97. The van der Waals surface area contributed by atoms with Crippen LogP contribution in [0.3, 0.4) is 0 Å². The summed E-state index contributed by atoms with van der Waals surface area (Å²) in [5, 5.41) is 0. The predicted molar refractivity (Wildman–Crippen MR) is 73.5 cm³/mol. The third kappa shape index (κ3) is 3.60. The van der Waals surface area contributed by atoms with Gasteiger partial charge < -0.3 is 14.4 Å². The first kappa shape index (κ1) is 14.1. The highest BCUT2D eigenvalue weighted by atomic mass is 19.1. The standard InChI is InChI=1S/C15H22FNO2/c1-18-14-11-12(10-13(16)15(14)19-2)6-5-9-17-7-3-4-8-17/h10-11H,3-9H2,1-2H3. The molecular weight excluding hydrogens is 245 g/mol. The molecule has 1 fully saturated rings. The fourth-order valence-electron chi connectivity index (χ4n) is 2.63. The van der Waals surface area contributed by atoms with Crippen LogP contribution in [0.15, 0.2) is 12.1 Å². The van der Waals surface area contributed by atoms with E-state index in [1.165, 1.54) is 40.2 Å². The lowest BCUT2D eigenvalue weighted by Crippen LogP contribution is -2.20. The van der Waals surface area contributed by atoms with E-state index in [9.17, 15) is 4.39 Å². The van der Waals surface area contributed by atoms with Crippen molar-refractivity contribution in [2.45, 2.75) is 25.7 Å². The second kappa shape index (κ2) is 6.75.